The number of fused-ring (bicyclic) bond motifs is 1. The number of imidazole rings is 1. The summed E-state index contributed by atoms with van der Waals surface area (Å²) in [5.41, 5.74) is 3.03. The number of rotatable bonds is 4. The molecule has 0 atom stereocenters. The monoisotopic (exact) mass is 269 g/mol. The van der Waals surface area contributed by atoms with Crippen molar-refractivity contribution in [1.82, 2.24) is 20.2 Å². The van der Waals surface area contributed by atoms with Gasteiger partial charge in [0.2, 0.25) is 5.95 Å². The van der Waals surface area contributed by atoms with Crippen molar-refractivity contribution < 1.29 is 4.79 Å². The van der Waals surface area contributed by atoms with Gasteiger partial charge in [0.25, 0.3) is 5.91 Å². The Morgan fingerprint density at radius 2 is 2.20 bits per heavy atom. The van der Waals surface area contributed by atoms with Crippen molar-refractivity contribution in [2.75, 3.05) is 5.32 Å². The maximum Gasteiger partial charge on any atom is 0.278 e. The molecule has 1 aromatic carbocycles. The second-order valence-corrected chi connectivity index (χ2v) is 4.59. The minimum Gasteiger partial charge on any atom is -0.324 e. The second-order valence-electron chi connectivity index (χ2n) is 4.59. The summed E-state index contributed by atoms with van der Waals surface area (Å²) in [4.78, 5) is 19.4. The van der Waals surface area contributed by atoms with Gasteiger partial charge in [0.05, 0.1) is 11.0 Å². The highest BCUT2D eigenvalue weighted by Gasteiger charge is 2.12. The Kier molecular flexibility index (Phi) is 3.20. The topological polar surface area (TPSA) is 86.5 Å². The second kappa shape index (κ2) is 5.16. The van der Waals surface area contributed by atoms with E-state index in [2.05, 4.69) is 32.4 Å². The maximum atomic E-state index is 12.1. The Morgan fingerprint density at radius 3 is 3.00 bits per heavy atom. The van der Waals surface area contributed by atoms with E-state index >= 15 is 0 Å². The molecular weight excluding hydrogens is 254 g/mol. The highest BCUT2D eigenvalue weighted by Crippen LogP contribution is 2.14. The lowest BCUT2D eigenvalue weighted by molar-refractivity contribution is 0.102. The minimum atomic E-state index is -0.275. The largest absolute Gasteiger partial charge is 0.324 e. The number of carbonyl (C=O) groups is 1. The number of hydrogen-bond donors (Lipinski definition) is 3. The number of hydrogen-bond acceptors (Lipinski definition) is 3. The van der Waals surface area contributed by atoms with Crippen LogP contribution in [-0.2, 0) is 6.42 Å². The summed E-state index contributed by atoms with van der Waals surface area (Å²) in [5.74, 6) is 0.152. The van der Waals surface area contributed by atoms with E-state index in [1.165, 1.54) is 0 Å². The third-order valence-electron chi connectivity index (χ3n) is 3.00. The van der Waals surface area contributed by atoms with E-state index in [1.54, 1.807) is 6.07 Å². The SMILES string of the molecule is CCCc1cc(C(=O)Nc2nc3ccccc3[nH]2)n[nH]1. The first-order valence-electron chi connectivity index (χ1n) is 6.56. The first-order valence-corrected chi connectivity index (χ1v) is 6.56. The van der Waals surface area contributed by atoms with Gasteiger partial charge in [-0.25, -0.2) is 4.98 Å². The molecule has 0 unspecified atom stereocenters. The number of nitrogens with one attached hydrogen (secondary N) is 3. The third-order valence-corrected chi connectivity index (χ3v) is 3.00. The molecule has 0 radical (unpaired) electrons. The van der Waals surface area contributed by atoms with Crippen LogP contribution in [0.4, 0.5) is 5.95 Å². The van der Waals surface area contributed by atoms with Crippen molar-refractivity contribution in [2.45, 2.75) is 19.8 Å². The van der Waals surface area contributed by atoms with Crippen LogP contribution in [0.1, 0.15) is 29.5 Å². The molecule has 3 rings (SSSR count). The lowest BCUT2D eigenvalue weighted by Gasteiger charge is -1.96. The van der Waals surface area contributed by atoms with Gasteiger partial charge in [-0.1, -0.05) is 25.5 Å². The fourth-order valence-electron chi connectivity index (χ4n) is 2.06. The Bertz CT molecular complexity index is 710. The normalized spacial score (nSPS) is 10.8. The van der Waals surface area contributed by atoms with Crippen molar-refractivity contribution in [3.8, 4) is 0 Å². The van der Waals surface area contributed by atoms with E-state index in [-0.39, 0.29) is 5.91 Å². The van der Waals surface area contributed by atoms with E-state index < -0.39 is 0 Å². The molecule has 1 amide bonds. The van der Waals surface area contributed by atoms with Gasteiger partial charge in [-0.2, -0.15) is 5.10 Å². The summed E-state index contributed by atoms with van der Waals surface area (Å²) in [6, 6.07) is 9.37. The Balaban J connectivity index is 1.77. The number of anilines is 1. The fraction of sp³-hybridized carbons (Fsp3) is 0.214. The van der Waals surface area contributed by atoms with Crippen molar-refractivity contribution in [1.29, 1.82) is 0 Å². The molecule has 0 aliphatic rings. The van der Waals surface area contributed by atoms with Gasteiger partial charge in [0.15, 0.2) is 5.69 Å². The maximum absolute atomic E-state index is 12.1. The molecule has 3 aromatic rings. The van der Waals surface area contributed by atoms with Crippen LogP contribution in [0.5, 0.6) is 0 Å². The van der Waals surface area contributed by atoms with Gasteiger partial charge in [-0.05, 0) is 24.6 Å². The zero-order valence-electron chi connectivity index (χ0n) is 11.1. The van der Waals surface area contributed by atoms with Crippen LogP contribution in [0, 0.1) is 0 Å². The molecule has 2 aromatic heterocycles. The van der Waals surface area contributed by atoms with Crippen LogP contribution in [0.2, 0.25) is 0 Å². The van der Waals surface area contributed by atoms with Crippen LogP contribution in [0.25, 0.3) is 11.0 Å². The molecule has 0 bridgehead atoms. The molecule has 6 heteroatoms. The zero-order chi connectivity index (χ0) is 13.9. The van der Waals surface area contributed by atoms with Gasteiger partial charge in [0.1, 0.15) is 0 Å². The van der Waals surface area contributed by atoms with Crippen LogP contribution < -0.4 is 5.32 Å². The van der Waals surface area contributed by atoms with Crippen LogP contribution in [0.15, 0.2) is 30.3 Å². The van der Waals surface area contributed by atoms with Gasteiger partial charge >= 0.3 is 0 Å². The van der Waals surface area contributed by atoms with Crippen molar-refractivity contribution in [3.05, 3.63) is 41.7 Å². The summed E-state index contributed by atoms with van der Waals surface area (Å²) in [6.45, 7) is 2.08. The number of nitrogens with zero attached hydrogens (tertiary/aromatic N) is 2. The molecule has 3 N–H and O–H groups in total. The highest BCUT2D eigenvalue weighted by atomic mass is 16.2. The first-order chi connectivity index (χ1) is 9.76. The molecular formula is C14H15N5O. The third kappa shape index (κ3) is 2.40. The number of aromatic nitrogens is 4. The predicted octanol–water partition coefficient (Wildman–Crippen LogP) is 2.49. The Hall–Kier alpha value is -2.63. The van der Waals surface area contributed by atoms with Crippen molar-refractivity contribution in [2.24, 2.45) is 0 Å². The van der Waals surface area contributed by atoms with E-state index in [1.807, 2.05) is 24.3 Å². The molecule has 20 heavy (non-hydrogen) atoms. The van der Waals surface area contributed by atoms with Gasteiger partial charge in [-0.3, -0.25) is 15.2 Å². The highest BCUT2D eigenvalue weighted by molar-refractivity contribution is 6.02. The lowest BCUT2D eigenvalue weighted by Crippen LogP contribution is -2.13. The summed E-state index contributed by atoms with van der Waals surface area (Å²) >= 11 is 0. The Labute approximate surface area is 115 Å². The van der Waals surface area contributed by atoms with Crippen molar-refractivity contribution in [3.63, 3.8) is 0 Å². The lowest BCUT2D eigenvalue weighted by atomic mass is 10.2. The molecule has 0 aliphatic carbocycles. The van der Waals surface area contributed by atoms with Crippen molar-refractivity contribution >= 4 is 22.9 Å². The van der Waals surface area contributed by atoms with E-state index in [9.17, 15) is 4.79 Å². The zero-order valence-corrected chi connectivity index (χ0v) is 11.1. The van der Waals surface area contributed by atoms with E-state index in [0.717, 1.165) is 29.6 Å². The number of aromatic amines is 2. The number of aryl methyl sites for hydroxylation is 1. The summed E-state index contributed by atoms with van der Waals surface area (Å²) in [5, 5.41) is 9.58. The van der Waals surface area contributed by atoms with E-state index in [4.69, 9.17) is 0 Å². The summed E-state index contributed by atoms with van der Waals surface area (Å²) in [6.07, 6.45) is 1.89. The molecule has 0 saturated heterocycles. The number of carbonyl (C=O) groups excluding carboxylic acids is 1. The average Bonchev–Trinajstić information content (AvgIpc) is 3.04. The standard InChI is InChI=1S/C14H15N5O/c1-2-5-9-8-12(19-18-9)13(20)17-14-15-10-6-3-4-7-11(10)16-14/h3-4,6-8H,2,5H2,1H3,(H,18,19)(H2,15,16,17,20). The molecule has 0 aliphatic heterocycles. The van der Waals surface area contributed by atoms with Gasteiger partial charge in [-0.15, -0.1) is 0 Å². The molecule has 6 nitrogen and oxygen atoms in total. The number of amides is 1. The fourth-order valence-corrected chi connectivity index (χ4v) is 2.06. The molecule has 0 fully saturated rings. The van der Waals surface area contributed by atoms with Crippen LogP contribution in [-0.4, -0.2) is 26.1 Å². The number of benzene rings is 1. The predicted molar refractivity (Wildman–Crippen MR) is 76.6 cm³/mol. The summed E-state index contributed by atoms with van der Waals surface area (Å²) < 4.78 is 0. The Morgan fingerprint density at radius 1 is 1.35 bits per heavy atom. The number of H-pyrrole nitrogens is 2. The van der Waals surface area contributed by atoms with Crippen LogP contribution in [0.3, 0.4) is 0 Å². The van der Waals surface area contributed by atoms with Gasteiger partial charge in [0, 0.05) is 5.69 Å². The molecule has 102 valence electrons. The van der Waals surface area contributed by atoms with Crippen LogP contribution >= 0.6 is 0 Å². The quantitative estimate of drug-likeness (QED) is 0.680. The molecule has 0 spiro atoms. The smallest absolute Gasteiger partial charge is 0.278 e. The average molecular weight is 269 g/mol. The van der Waals surface area contributed by atoms with E-state index in [0.29, 0.717) is 11.6 Å². The molecule has 0 saturated carbocycles. The summed E-state index contributed by atoms with van der Waals surface area (Å²) in [7, 11) is 0. The molecule has 2 heterocycles. The first kappa shape index (κ1) is 12.4. The number of para-hydroxylation sites is 2. The minimum absolute atomic E-state index is 0.275. The van der Waals surface area contributed by atoms with Gasteiger partial charge < -0.3 is 4.98 Å².